The average molecular weight is 384 g/mol. The van der Waals surface area contributed by atoms with Crippen LogP contribution in [-0.2, 0) is 4.74 Å². The molecule has 2 aromatic rings. The van der Waals surface area contributed by atoms with E-state index >= 15 is 0 Å². The van der Waals surface area contributed by atoms with E-state index in [9.17, 15) is 9.59 Å². The summed E-state index contributed by atoms with van der Waals surface area (Å²) in [6.07, 6.45) is 5.05. The van der Waals surface area contributed by atoms with Crippen LogP contribution in [0.15, 0.2) is 23.0 Å². The molecule has 5 heterocycles. The van der Waals surface area contributed by atoms with Crippen molar-refractivity contribution < 1.29 is 18.7 Å². The number of aromatic nitrogens is 2. The van der Waals surface area contributed by atoms with Crippen LogP contribution in [0.2, 0.25) is 0 Å². The molecule has 3 saturated heterocycles. The van der Waals surface area contributed by atoms with Crippen LogP contribution in [0.5, 0.6) is 0 Å². The molecule has 2 amide bonds. The molecule has 8 heteroatoms. The van der Waals surface area contributed by atoms with Crippen molar-refractivity contribution >= 4 is 11.8 Å². The van der Waals surface area contributed by atoms with E-state index in [0.717, 1.165) is 24.2 Å². The Kier molecular flexibility index (Phi) is 3.87. The topological polar surface area (TPSA) is 100 Å². The number of nitrogens with zero attached hydrogens (tertiary/aromatic N) is 2. The fourth-order valence-corrected chi connectivity index (χ4v) is 5.35. The second-order valence-electron chi connectivity index (χ2n) is 8.25. The number of hydrogen-bond donors (Lipinski definition) is 2. The van der Waals surface area contributed by atoms with Gasteiger partial charge in [-0.2, -0.15) is 5.10 Å². The fraction of sp³-hybridized carbons (Fsp3) is 0.550. The number of aromatic amines is 1. The molecule has 1 spiro atoms. The lowest BCUT2D eigenvalue weighted by Gasteiger charge is -2.29. The molecule has 2 bridgehead atoms. The van der Waals surface area contributed by atoms with E-state index in [-0.39, 0.29) is 35.4 Å². The first-order valence-electron chi connectivity index (χ1n) is 9.77. The van der Waals surface area contributed by atoms with E-state index in [1.54, 1.807) is 6.07 Å². The highest BCUT2D eigenvalue weighted by atomic mass is 16.5. The number of amides is 2. The molecule has 3 aliphatic heterocycles. The first kappa shape index (κ1) is 17.5. The van der Waals surface area contributed by atoms with Crippen molar-refractivity contribution in [2.45, 2.75) is 38.4 Å². The van der Waals surface area contributed by atoms with Crippen molar-refractivity contribution in [1.82, 2.24) is 20.4 Å². The fourth-order valence-electron chi connectivity index (χ4n) is 5.35. The Bertz CT molecular complexity index is 901. The number of ether oxygens (including phenoxy) is 1. The second-order valence-corrected chi connectivity index (χ2v) is 8.25. The van der Waals surface area contributed by atoms with E-state index in [1.807, 2.05) is 18.7 Å². The van der Waals surface area contributed by atoms with E-state index < -0.39 is 0 Å². The molecule has 28 heavy (non-hydrogen) atoms. The van der Waals surface area contributed by atoms with Crippen LogP contribution in [-0.4, -0.2) is 58.3 Å². The first-order chi connectivity index (χ1) is 13.5. The third-order valence-electron chi connectivity index (χ3n) is 6.69. The van der Waals surface area contributed by atoms with Gasteiger partial charge in [-0.3, -0.25) is 14.7 Å². The van der Waals surface area contributed by atoms with E-state index in [2.05, 4.69) is 15.5 Å². The minimum absolute atomic E-state index is 0.0146. The van der Waals surface area contributed by atoms with Gasteiger partial charge in [0.1, 0.15) is 6.26 Å². The predicted octanol–water partition coefficient (Wildman–Crippen LogP) is 1.67. The molecular formula is C20H24N4O4. The summed E-state index contributed by atoms with van der Waals surface area (Å²) in [5, 5.41) is 10.1. The Morgan fingerprint density at radius 2 is 2.29 bits per heavy atom. The number of rotatable bonds is 4. The highest BCUT2D eigenvalue weighted by Crippen LogP contribution is 2.54. The van der Waals surface area contributed by atoms with Crippen molar-refractivity contribution in [3.8, 4) is 0 Å². The van der Waals surface area contributed by atoms with E-state index in [0.29, 0.717) is 30.8 Å². The molecule has 2 aromatic heterocycles. The van der Waals surface area contributed by atoms with Crippen molar-refractivity contribution in [3.63, 3.8) is 0 Å². The predicted molar refractivity (Wildman–Crippen MR) is 98.8 cm³/mol. The van der Waals surface area contributed by atoms with Gasteiger partial charge in [0.2, 0.25) is 0 Å². The van der Waals surface area contributed by atoms with E-state index in [1.165, 1.54) is 12.5 Å². The molecule has 0 saturated carbocycles. The summed E-state index contributed by atoms with van der Waals surface area (Å²) < 4.78 is 11.4. The summed E-state index contributed by atoms with van der Waals surface area (Å²) >= 11 is 0. The van der Waals surface area contributed by atoms with Gasteiger partial charge >= 0.3 is 0 Å². The SMILES string of the molecule is Cc1n[nH]c(C)c1C(=O)N1C[C@@H]2[C@H](CNC(=O)c3ccoc3)[C@H]3CC[C@]2(C1)O3. The number of aryl methyl sites for hydroxylation is 2. The summed E-state index contributed by atoms with van der Waals surface area (Å²) in [5.41, 5.74) is 2.44. The molecule has 3 fully saturated rings. The number of furan rings is 1. The maximum absolute atomic E-state index is 13.1. The van der Waals surface area contributed by atoms with Crippen LogP contribution in [0.3, 0.4) is 0 Å². The normalized spacial score (nSPS) is 30.6. The van der Waals surface area contributed by atoms with Gasteiger partial charge in [0, 0.05) is 30.6 Å². The van der Waals surface area contributed by atoms with Crippen LogP contribution in [0.25, 0.3) is 0 Å². The van der Waals surface area contributed by atoms with Crippen LogP contribution in [0.4, 0.5) is 0 Å². The zero-order chi connectivity index (χ0) is 19.5. The number of nitrogens with one attached hydrogen (secondary N) is 2. The van der Waals surface area contributed by atoms with Crippen LogP contribution in [0.1, 0.15) is 44.9 Å². The molecule has 4 atom stereocenters. The smallest absolute Gasteiger partial charge is 0.257 e. The largest absolute Gasteiger partial charge is 0.472 e. The maximum Gasteiger partial charge on any atom is 0.257 e. The number of fused-ring (bicyclic) bond motifs is 1. The second kappa shape index (κ2) is 6.20. The van der Waals surface area contributed by atoms with Gasteiger partial charge in [0.05, 0.1) is 41.3 Å². The number of likely N-dealkylation sites (tertiary alicyclic amines) is 1. The van der Waals surface area contributed by atoms with Gasteiger partial charge in [0.15, 0.2) is 0 Å². The van der Waals surface area contributed by atoms with Crippen molar-refractivity contribution in [3.05, 3.63) is 41.1 Å². The molecule has 3 aliphatic rings. The molecule has 0 aromatic carbocycles. The van der Waals surface area contributed by atoms with Crippen LogP contribution < -0.4 is 5.32 Å². The standard InChI is InChI=1S/C20H24N4O4/c1-11-17(12(2)23-22-11)19(26)24-8-15-14(16-3-5-20(15,10-24)28-16)7-21-18(25)13-4-6-27-9-13/h4,6,9,14-16H,3,5,7-8,10H2,1-2H3,(H,21,25)(H,22,23)/t14-,15+,16+,20+/m0/s1. The lowest BCUT2D eigenvalue weighted by Crippen LogP contribution is -2.41. The van der Waals surface area contributed by atoms with Gasteiger partial charge in [-0.25, -0.2) is 0 Å². The Labute approximate surface area is 162 Å². The van der Waals surface area contributed by atoms with Gasteiger partial charge in [-0.15, -0.1) is 0 Å². The highest BCUT2D eigenvalue weighted by Gasteiger charge is 2.63. The molecule has 2 N–H and O–H groups in total. The Morgan fingerprint density at radius 3 is 3.00 bits per heavy atom. The Hall–Kier alpha value is -2.61. The van der Waals surface area contributed by atoms with Crippen molar-refractivity contribution in [1.29, 1.82) is 0 Å². The maximum atomic E-state index is 13.1. The Balaban J connectivity index is 1.31. The van der Waals surface area contributed by atoms with Crippen molar-refractivity contribution in [2.75, 3.05) is 19.6 Å². The monoisotopic (exact) mass is 384 g/mol. The Morgan fingerprint density at radius 1 is 1.43 bits per heavy atom. The zero-order valence-corrected chi connectivity index (χ0v) is 16.0. The van der Waals surface area contributed by atoms with Crippen LogP contribution in [0, 0.1) is 25.7 Å². The summed E-state index contributed by atoms with van der Waals surface area (Å²) in [6, 6.07) is 1.65. The number of H-pyrrole nitrogens is 1. The molecular weight excluding hydrogens is 360 g/mol. The third kappa shape index (κ3) is 2.51. The summed E-state index contributed by atoms with van der Waals surface area (Å²) in [4.78, 5) is 27.3. The summed E-state index contributed by atoms with van der Waals surface area (Å²) in [7, 11) is 0. The highest BCUT2D eigenvalue weighted by molar-refractivity contribution is 5.96. The minimum atomic E-state index is -0.267. The lowest BCUT2D eigenvalue weighted by molar-refractivity contribution is 0.00315. The van der Waals surface area contributed by atoms with Gasteiger partial charge in [0.25, 0.3) is 11.8 Å². The summed E-state index contributed by atoms with van der Waals surface area (Å²) in [5.74, 6) is 0.336. The third-order valence-corrected chi connectivity index (χ3v) is 6.69. The summed E-state index contributed by atoms with van der Waals surface area (Å²) in [6.45, 7) is 5.54. The van der Waals surface area contributed by atoms with E-state index in [4.69, 9.17) is 9.15 Å². The van der Waals surface area contributed by atoms with Gasteiger partial charge in [-0.05, 0) is 32.8 Å². The molecule has 8 nitrogen and oxygen atoms in total. The molecule has 0 aliphatic carbocycles. The molecule has 148 valence electrons. The average Bonchev–Trinajstić information content (AvgIpc) is 3.47. The zero-order valence-electron chi connectivity index (χ0n) is 16.0. The van der Waals surface area contributed by atoms with Gasteiger partial charge < -0.3 is 19.4 Å². The lowest BCUT2D eigenvalue weighted by atomic mass is 9.73. The van der Waals surface area contributed by atoms with Crippen LogP contribution >= 0.6 is 0 Å². The van der Waals surface area contributed by atoms with Gasteiger partial charge in [-0.1, -0.05) is 0 Å². The number of carbonyl (C=O) groups excluding carboxylic acids is 2. The van der Waals surface area contributed by atoms with Crippen molar-refractivity contribution in [2.24, 2.45) is 11.8 Å². The number of hydrogen-bond acceptors (Lipinski definition) is 5. The molecule has 0 unspecified atom stereocenters. The minimum Gasteiger partial charge on any atom is -0.472 e. The first-order valence-corrected chi connectivity index (χ1v) is 9.77. The quantitative estimate of drug-likeness (QED) is 0.835. The molecule has 0 radical (unpaired) electrons. The molecule has 5 rings (SSSR count). The number of carbonyl (C=O) groups is 2.